The number of hydrogen-bond acceptors (Lipinski definition) is 5. The van der Waals surface area contributed by atoms with Crippen LogP contribution in [0.15, 0.2) is 36.4 Å². The molecule has 4 N–H and O–H groups in total. The van der Waals surface area contributed by atoms with E-state index in [9.17, 15) is 23.1 Å². The molecule has 3 aromatic rings. The molecule has 0 bridgehead atoms. The monoisotopic (exact) mass is 377 g/mol. The molecule has 1 aliphatic heterocycles. The summed E-state index contributed by atoms with van der Waals surface area (Å²) in [5, 5.41) is 17.4. The number of anilines is 2. The van der Waals surface area contributed by atoms with Crippen molar-refractivity contribution < 1.29 is 23.1 Å². The standard InChI is InChI=1S/C17H14F3N5O2/c1-21-14(26)8-2-5-13-12(6-8)22-15(17(18,19)20)25(13)9-3-4-10-11(7-9)24-16(27)23-10/h2-7,16,23-24,27H,1H3,(H,21,26). The Morgan fingerprint density at radius 3 is 2.63 bits per heavy atom. The van der Waals surface area contributed by atoms with Crippen LogP contribution < -0.4 is 16.0 Å². The summed E-state index contributed by atoms with van der Waals surface area (Å²) in [5.41, 5.74) is 1.74. The van der Waals surface area contributed by atoms with Gasteiger partial charge in [0.25, 0.3) is 5.91 Å². The third-order valence-corrected chi connectivity index (χ3v) is 4.24. The Morgan fingerprint density at radius 2 is 1.93 bits per heavy atom. The summed E-state index contributed by atoms with van der Waals surface area (Å²) < 4.78 is 41.8. The van der Waals surface area contributed by atoms with E-state index in [1.54, 1.807) is 6.07 Å². The van der Waals surface area contributed by atoms with Crippen LogP contribution in [0.25, 0.3) is 16.7 Å². The number of alkyl halides is 3. The number of rotatable bonds is 2. The zero-order valence-corrected chi connectivity index (χ0v) is 13.9. The number of hydrogen-bond donors (Lipinski definition) is 4. The van der Waals surface area contributed by atoms with Gasteiger partial charge in [-0.2, -0.15) is 13.2 Å². The van der Waals surface area contributed by atoms with E-state index in [0.717, 1.165) is 4.57 Å². The Bertz CT molecular complexity index is 1060. The van der Waals surface area contributed by atoms with Gasteiger partial charge < -0.3 is 21.1 Å². The zero-order chi connectivity index (χ0) is 19.3. The molecule has 2 aromatic carbocycles. The van der Waals surface area contributed by atoms with Gasteiger partial charge in [0.05, 0.1) is 22.4 Å². The molecule has 0 aliphatic carbocycles. The number of nitrogens with zero attached hydrogens (tertiary/aromatic N) is 2. The average molecular weight is 377 g/mol. The Hall–Kier alpha value is -3.27. The van der Waals surface area contributed by atoms with E-state index in [0.29, 0.717) is 11.4 Å². The number of aliphatic hydroxyl groups excluding tert-OH is 1. The molecular weight excluding hydrogens is 363 g/mol. The van der Waals surface area contributed by atoms with Gasteiger partial charge in [0, 0.05) is 18.3 Å². The van der Waals surface area contributed by atoms with Gasteiger partial charge in [-0.05, 0) is 36.4 Å². The van der Waals surface area contributed by atoms with Crippen LogP contribution in [0.2, 0.25) is 0 Å². The van der Waals surface area contributed by atoms with E-state index >= 15 is 0 Å². The molecular formula is C17H14F3N5O2. The Labute approximate surface area is 150 Å². The topological polar surface area (TPSA) is 91.2 Å². The van der Waals surface area contributed by atoms with Crippen LogP contribution >= 0.6 is 0 Å². The first-order chi connectivity index (χ1) is 12.8. The Morgan fingerprint density at radius 1 is 1.19 bits per heavy atom. The second kappa shape index (κ2) is 5.88. The van der Waals surface area contributed by atoms with Crippen molar-refractivity contribution in [2.75, 3.05) is 17.7 Å². The van der Waals surface area contributed by atoms with Gasteiger partial charge in [-0.25, -0.2) is 4.98 Å². The number of nitrogens with one attached hydrogen (secondary N) is 3. The first kappa shape index (κ1) is 17.2. The van der Waals surface area contributed by atoms with E-state index in [1.807, 2.05) is 0 Å². The molecule has 140 valence electrons. The largest absolute Gasteiger partial charge is 0.450 e. The highest BCUT2D eigenvalue weighted by Gasteiger charge is 2.38. The number of halogens is 3. The lowest BCUT2D eigenvalue weighted by molar-refractivity contribution is -0.145. The molecule has 1 atom stereocenters. The maximum atomic E-state index is 13.6. The second-order valence-corrected chi connectivity index (χ2v) is 5.97. The average Bonchev–Trinajstić information content (AvgIpc) is 3.18. The fourth-order valence-corrected chi connectivity index (χ4v) is 3.06. The fourth-order valence-electron chi connectivity index (χ4n) is 3.06. The smallest absolute Gasteiger partial charge is 0.357 e. The third-order valence-electron chi connectivity index (χ3n) is 4.24. The lowest BCUT2D eigenvalue weighted by Gasteiger charge is -2.12. The van der Waals surface area contributed by atoms with E-state index < -0.39 is 24.3 Å². The van der Waals surface area contributed by atoms with Crippen molar-refractivity contribution in [2.24, 2.45) is 0 Å². The minimum absolute atomic E-state index is 0.0510. The molecule has 1 aromatic heterocycles. The van der Waals surface area contributed by atoms with Gasteiger partial charge in [0.15, 0.2) is 0 Å². The second-order valence-electron chi connectivity index (χ2n) is 5.97. The van der Waals surface area contributed by atoms with Gasteiger partial charge in [0.1, 0.15) is 0 Å². The Kier molecular flexibility index (Phi) is 3.74. The van der Waals surface area contributed by atoms with Gasteiger partial charge >= 0.3 is 6.18 Å². The number of carbonyl (C=O) groups excluding carboxylic acids is 1. The molecule has 7 nitrogen and oxygen atoms in total. The highest BCUT2D eigenvalue weighted by molar-refractivity contribution is 5.97. The molecule has 1 unspecified atom stereocenters. The fraction of sp³-hybridized carbons (Fsp3) is 0.176. The molecule has 0 spiro atoms. The molecule has 1 amide bonds. The van der Waals surface area contributed by atoms with Gasteiger partial charge in [-0.1, -0.05) is 0 Å². The van der Waals surface area contributed by atoms with E-state index in [-0.39, 0.29) is 22.3 Å². The maximum absolute atomic E-state index is 13.6. The van der Waals surface area contributed by atoms with Crippen LogP contribution in [0.5, 0.6) is 0 Å². The number of fused-ring (bicyclic) bond motifs is 2. The van der Waals surface area contributed by atoms with E-state index in [1.165, 1.54) is 37.4 Å². The highest BCUT2D eigenvalue weighted by atomic mass is 19.4. The summed E-state index contributed by atoms with van der Waals surface area (Å²) in [7, 11) is 1.44. The summed E-state index contributed by atoms with van der Waals surface area (Å²) in [6.45, 7) is 0. The Balaban J connectivity index is 1.93. The van der Waals surface area contributed by atoms with Crippen molar-refractivity contribution in [1.29, 1.82) is 0 Å². The summed E-state index contributed by atoms with van der Waals surface area (Å²) in [4.78, 5) is 15.5. The molecule has 0 fully saturated rings. The lowest BCUT2D eigenvalue weighted by Crippen LogP contribution is -2.20. The van der Waals surface area contributed by atoms with Crippen molar-refractivity contribution in [3.63, 3.8) is 0 Å². The molecule has 10 heteroatoms. The SMILES string of the molecule is CNC(=O)c1ccc2c(c1)nc(C(F)(F)F)n2-c1ccc2c(c1)NC(O)N2. The highest BCUT2D eigenvalue weighted by Crippen LogP contribution is 2.37. The summed E-state index contributed by atoms with van der Waals surface area (Å²) in [6, 6.07) is 8.73. The van der Waals surface area contributed by atoms with Gasteiger partial charge in [-0.3, -0.25) is 9.36 Å². The van der Waals surface area contributed by atoms with Crippen molar-refractivity contribution in [1.82, 2.24) is 14.9 Å². The van der Waals surface area contributed by atoms with E-state index in [2.05, 4.69) is 20.9 Å². The van der Waals surface area contributed by atoms with Crippen LogP contribution in [-0.2, 0) is 6.18 Å². The summed E-state index contributed by atoms with van der Waals surface area (Å²) in [6.07, 6.45) is -5.71. The van der Waals surface area contributed by atoms with Crippen LogP contribution in [0.3, 0.4) is 0 Å². The van der Waals surface area contributed by atoms with Crippen molar-refractivity contribution >= 4 is 28.3 Å². The third kappa shape index (κ3) is 2.83. The molecule has 0 saturated carbocycles. The normalized spacial score (nSPS) is 16.0. The molecule has 0 saturated heterocycles. The number of carbonyl (C=O) groups is 1. The lowest BCUT2D eigenvalue weighted by atomic mass is 10.2. The molecule has 2 heterocycles. The number of aliphatic hydroxyl groups is 1. The number of benzene rings is 2. The number of imidazole rings is 1. The van der Waals surface area contributed by atoms with Gasteiger partial charge in [0.2, 0.25) is 12.2 Å². The van der Waals surface area contributed by atoms with Crippen molar-refractivity contribution in [3.8, 4) is 5.69 Å². The molecule has 0 radical (unpaired) electrons. The minimum Gasteiger partial charge on any atom is -0.357 e. The zero-order valence-electron chi connectivity index (χ0n) is 13.9. The van der Waals surface area contributed by atoms with Crippen molar-refractivity contribution in [3.05, 3.63) is 47.8 Å². The minimum atomic E-state index is -4.70. The first-order valence-electron chi connectivity index (χ1n) is 7.95. The first-order valence-corrected chi connectivity index (χ1v) is 7.95. The predicted octanol–water partition coefficient (Wildman–Crippen LogP) is 2.52. The van der Waals surface area contributed by atoms with Crippen LogP contribution in [0, 0.1) is 0 Å². The van der Waals surface area contributed by atoms with Crippen LogP contribution in [0.4, 0.5) is 24.5 Å². The molecule has 1 aliphatic rings. The van der Waals surface area contributed by atoms with E-state index in [4.69, 9.17) is 0 Å². The number of amides is 1. The molecule has 27 heavy (non-hydrogen) atoms. The maximum Gasteiger partial charge on any atom is 0.450 e. The quantitative estimate of drug-likeness (QED) is 0.551. The number of aromatic nitrogens is 2. The van der Waals surface area contributed by atoms with Crippen LogP contribution in [-0.4, -0.2) is 34.0 Å². The van der Waals surface area contributed by atoms with Crippen LogP contribution in [0.1, 0.15) is 16.2 Å². The summed E-state index contributed by atoms with van der Waals surface area (Å²) >= 11 is 0. The predicted molar refractivity (Wildman–Crippen MR) is 92.7 cm³/mol. The van der Waals surface area contributed by atoms with Gasteiger partial charge in [-0.15, -0.1) is 0 Å². The summed E-state index contributed by atoms with van der Waals surface area (Å²) in [5.74, 6) is -1.51. The molecule has 4 rings (SSSR count). The van der Waals surface area contributed by atoms with Crippen molar-refractivity contribution in [2.45, 2.75) is 12.5 Å².